The average Bonchev–Trinajstić information content (AvgIpc) is 2.38. The van der Waals surface area contributed by atoms with Gasteiger partial charge in [0.25, 0.3) is 0 Å². The number of hydrogen-bond donors (Lipinski definition) is 0. The van der Waals surface area contributed by atoms with Crippen molar-refractivity contribution >= 4 is 12.6 Å². The molecule has 2 nitrogen and oxygen atoms in total. The van der Waals surface area contributed by atoms with E-state index < -0.39 is 0 Å². The lowest BCUT2D eigenvalue weighted by Crippen LogP contribution is -2.34. The van der Waals surface area contributed by atoms with Gasteiger partial charge in [-0.05, 0) is 48.3 Å². The molecule has 22 heavy (non-hydrogen) atoms. The van der Waals surface area contributed by atoms with Crippen molar-refractivity contribution in [3.05, 3.63) is 0 Å². The first-order valence-electron chi connectivity index (χ1n) is 9.06. The third-order valence-corrected chi connectivity index (χ3v) is 6.29. The molecule has 2 rings (SSSR count). The molecule has 4 atom stereocenters. The first kappa shape index (κ1) is 19.4. The molecule has 0 spiro atoms. The van der Waals surface area contributed by atoms with Gasteiger partial charge in [0.2, 0.25) is 0 Å². The van der Waals surface area contributed by atoms with Crippen molar-refractivity contribution in [3.8, 4) is 0 Å². The predicted octanol–water partition coefficient (Wildman–Crippen LogP) is 5.30. The third kappa shape index (κ3) is 4.67. The number of carbonyl (C=O) groups excluding carboxylic acids is 2. The van der Waals surface area contributed by atoms with Crippen LogP contribution >= 0.6 is 0 Å². The summed E-state index contributed by atoms with van der Waals surface area (Å²) in [5, 5.41) is 0. The van der Waals surface area contributed by atoms with Crippen molar-refractivity contribution in [2.75, 3.05) is 0 Å². The highest BCUT2D eigenvalue weighted by Gasteiger charge is 2.37. The molecule has 2 saturated carbocycles. The van der Waals surface area contributed by atoms with Gasteiger partial charge in [-0.1, -0.05) is 54.4 Å². The maximum Gasteiger partial charge on any atom is 0.123 e. The second-order valence-corrected chi connectivity index (χ2v) is 9.04. The van der Waals surface area contributed by atoms with Crippen molar-refractivity contribution in [3.63, 3.8) is 0 Å². The monoisotopic (exact) mass is 308 g/mol. The van der Waals surface area contributed by atoms with Gasteiger partial charge in [0.15, 0.2) is 0 Å². The maximum atomic E-state index is 10.8. The minimum atomic E-state index is 0.249. The molecule has 0 aromatic heterocycles. The lowest BCUT2D eigenvalue weighted by Gasteiger charge is -2.39. The fraction of sp³-hybridized carbons (Fsp3) is 0.900. The van der Waals surface area contributed by atoms with Crippen LogP contribution in [0.5, 0.6) is 0 Å². The molecule has 0 amide bonds. The van der Waals surface area contributed by atoms with Gasteiger partial charge in [0.1, 0.15) is 12.6 Å². The smallest absolute Gasteiger partial charge is 0.123 e. The lowest BCUT2D eigenvalue weighted by molar-refractivity contribution is -0.118. The fourth-order valence-corrected chi connectivity index (χ4v) is 4.63. The van der Waals surface area contributed by atoms with Crippen molar-refractivity contribution in [1.82, 2.24) is 0 Å². The first-order chi connectivity index (χ1) is 10.2. The van der Waals surface area contributed by atoms with Crippen LogP contribution in [0, 0.1) is 34.5 Å². The van der Waals surface area contributed by atoms with Gasteiger partial charge in [-0.2, -0.15) is 0 Å². The molecular weight excluding hydrogens is 272 g/mol. The second-order valence-electron chi connectivity index (χ2n) is 9.04. The van der Waals surface area contributed by atoms with Gasteiger partial charge in [0, 0.05) is 11.8 Å². The largest absolute Gasteiger partial charge is 0.303 e. The van der Waals surface area contributed by atoms with Gasteiger partial charge in [-0.3, -0.25) is 0 Å². The van der Waals surface area contributed by atoms with Crippen molar-refractivity contribution in [1.29, 1.82) is 0 Å². The van der Waals surface area contributed by atoms with Gasteiger partial charge in [0.05, 0.1) is 0 Å². The van der Waals surface area contributed by atoms with Crippen LogP contribution in [0.15, 0.2) is 0 Å². The minimum absolute atomic E-state index is 0.249. The summed E-state index contributed by atoms with van der Waals surface area (Å²) in [5.74, 6) is 1.76. The average molecular weight is 309 g/mol. The van der Waals surface area contributed by atoms with Crippen LogP contribution in [0.2, 0.25) is 0 Å². The Balaban J connectivity index is 0.000000220. The second kappa shape index (κ2) is 7.75. The number of carbonyl (C=O) groups is 2. The van der Waals surface area contributed by atoms with Crippen molar-refractivity contribution in [2.45, 2.75) is 80.1 Å². The summed E-state index contributed by atoms with van der Waals surface area (Å²) in [7, 11) is 0. The first-order valence-corrected chi connectivity index (χ1v) is 9.06. The molecule has 2 heteroatoms. The summed E-state index contributed by atoms with van der Waals surface area (Å²) in [6.07, 6.45) is 9.77. The molecular formula is C20H36O2. The van der Waals surface area contributed by atoms with Crippen LogP contribution < -0.4 is 0 Å². The van der Waals surface area contributed by atoms with E-state index in [1.165, 1.54) is 38.5 Å². The Labute approximate surface area is 137 Å². The van der Waals surface area contributed by atoms with Crippen LogP contribution in [-0.4, -0.2) is 12.6 Å². The third-order valence-electron chi connectivity index (χ3n) is 6.29. The Morgan fingerprint density at radius 1 is 0.727 bits per heavy atom. The summed E-state index contributed by atoms with van der Waals surface area (Å²) < 4.78 is 0. The zero-order valence-electron chi connectivity index (χ0n) is 15.5. The molecule has 0 aliphatic heterocycles. The summed E-state index contributed by atoms with van der Waals surface area (Å²) in [5.41, 5.74) is 0.499. The quantitative estimate of drug-likeness (QED) is 0.649. The molecule has 2 fully saturated rings. The van der Waals surface area contributed by atoms with Crippen molar-refractivity contribution in [2.24, 2.45) is 34.5 Å². The molecule has 0 N–H and O–H groups in total. The van der Waals surface area contributed by atoms with Gasteiger partial charge in [-0.15, -0.1) is 0 Å². The molecule has 0 aromatic carbocycles. The van der Waals surface area contributed by atoms with Gasteiger partial charge >= 0.3 is 0 Å². The molecule has 0 aromatic rings. The fourth-order valence-electron chi connectivity index (χ4n) is 4.63. The molecule has 128 valence electrons. The lowest BCUT2D eigenvalue weighted by atomic mass is 9.65. The molecule has 0 radical (unpaired) electrons. The Morgan fingerprint density at radius 2 is 1.05 bits per heavy atom. The van der Waals surface area contributed by atoms with Crippen LogP contribution in [0.1, 0.15) is 80.1 Å². The summed E-state index contributed by atoms with van der Waals surface area (Å²) in [4.78, 5) is 21.6. The topological polar surface area (TPSA) is 34.1 Å². The number of hydrogen-bond acceptors (Lipinski definition) is 2. The molecule has 2 aliphatic carbocycles. The van der Waals surface area contributed by atoms with Crippen LogP contribution in [0.25, 0.3) is 0 Å². The Hall–Kier alpha value is -0.660. The maximum absolute atomic E-state index is 10.8. The molecule has 0 saturated heterocycles. The molecule has 4 unspecified atom stereocenters. The summed E-state index contributed by atoms with van der Waals surface area (Å²) >= 11 is 0. The molecule has 2 aliphatic rings. The summed E-state index contributed by atoms with van der Waals surface area (Å²) in [6, 6.07) is 0. The predicted molar refractivity (Wildman–Crippen MR) is 92.7 cm³/mol. The Bertz CT molecular complexity index is 334. The highest BCUT2D eigenvalue weighted by molar-refractivity contribution is 5.56. The number of aldehydes is 2. The van der Waals surface area contributed by atoms with E-state index in [9.17, 15) is 9.59 Å². The normalized spacial score (nSPS) is 36.6. The van der Waals surface area contributed by atoms with Crippen LogP contribution in [0.4, 0.5) is 0 Å². The van der Waals surface area contributed by atoms with E-state index in [0.717, 1.165) is 12.6 Å². The number of rotatable bonds is 2. The van der Waals surface area contributed by atoms with Crippen molar-refractivity contribution < 1.29 is 9.59 Å². The summed E-state index contributed by atoms with van der Waals surface area (Å²) in [6.45, 7) is 13.2. The van der Waals surface area contributed by atoms with E-state index in [2.05, 4.69) is 41.5 Å². The van der Waals surface area contributed by atoms with E-state index >= 15 is 0 Å². The minimum Gasteiger partial charge on any atom is -0.303 e. The Morgan fingerprint density at radius 3 is 1.23 bits per heavy atom. The SMILES string of the molecule is CC1CCCC(C)(C)C1C=O.CC1CCCC(C)(C)C1C=O. The Kier molecular flexibility index (Phi) is 6.83. The van der Waals surface area contributed by atoms with Gasteiger partial charge in [-0.25, -0.2) is 0 Å². The van der Waals surface area contributed by atoms with E-state index in [1.807, 2.05) is 0 Å². The zero-order chi connectivity index (χ0) is 17.0. The molecule has 0 bridgehead atoms. The highest BCUT2D eigenvalue weighted by Crippen LogP contribution is 2.43. The van der Waals surface area contributed by atoms with Gasteiger partial charge < -0.3 is 9.59 Å². The van der Waals surface area contributed by atoms with E-state index in [4.69, 9.17) is 0 Å². The highest BCUT2D eigenvalue weighted by atomic mass is 16.1. The standard InChI is InChI=1S/2C10H18O/c2*1-8-5-4-6-10(2,3)9(8)7-11/h2*7-9H,4-6H2,1-3H3. The zero-order valence-corrected chi connectivity index (χ0v) is 15.5. The van der Waals surface area contributed by atoms with E-state index in [1.54, 1.807) is 0 Å². The van der Waals surface area contributed by atoms with E-state index in [0.29, 0.717) is 11.8 Å². The van der Waals surface area contributed by atoms with Crippen LogP contribution in [-0.2, 0) is 9.59 Å². The van der Waals surface area contributed by atoms with Crippen LogP contribution in [0.3, 0.4) is 0 Å². The molecule has 0 heterocycles. The van der Waals surface area contributed by atoms with E-state index in [-0.39, 0.29) is 22.7 Å².